The number of nitrogens with zero attached hydrogens (tertiary/aromatic N) is 1. The molecular weight excluding hydrogens is 275 g/mol. The van der Waals surface area contributed by atoms with Crippen LogP contribution in [0.1, 0.15) is 21.5 Å². The lowest BCUT2D eigenvalue weighted by Gasteiger charge is -2.11. The number of hydrogen-bond donors (Lipinski definition) is 2. The minimum atomic E-state index is -1.22. The Morgan fingerprint density at radius 2 is 2.14 bits per heavy atom. The van der Waals surface area contributed by atoms with Crippen molar-refractivity contribution in [3.8, 4) is 11.8 Å². The van der Waals surface area contributed by atoms with Gasteiger partial charge in [0.1, 0.15) is 23.7 Å². The summed E-state index contributed by atoms with van der Waals surface area (Å²) in [6.45, 7) is -0.165. The van der Waals surface area contributed by atoms with E-state index in [0.717, 1.165) is 6.07 Å². The Balaban J connectivity index is 2.23. The second-order valence-corrected chi connectivity index (χ2v) is 4.23. The molecule has 2 rings (SSSR count). The zero-order valence-corrected chi connectivity index (χ0v) is 10.8. The van der Waals surface area contributed by atoms with Crippen LogP contribution in [-0.4, -0.2) is 11.1 Å². The molecule has 0 aromatic heterocycles. The maximum atomic E-state index is 13.7. The third-order valence-electron chi connectivity index (χ3n) is 2.84. The SMILES string of the molecule is N#Cc1ccc(COc2cccc(N)c2C(=O)O)c(F)c1. The normalized spacial score (nSPS) is 9.90. The maximum Gasteiger partial charge on any atom is 0.341 e. The number of anilines is 1. The second-order valence-electron chi connectivity index (χ2n) is 4.23. The summed E-state index contributed by atoms with van der Waals surface area (Å²) in [6, 6.07) is 10.2. The molecule has 0 spiro atoms. The van der Waals surface area contributed by atoms with E-state index >= 15 is 0 Å². The minimum Gasteiger partial charge on any atom is -0.488 e. The molecule has 0 aliphatic rings. The number of hydrogen-bond acceptors (Lipinski definition) is 4. The van der Waals surface area contributed by atoms with E-state index in [4.69, 9.17) is 20.8 Å². The van der Waals surface area contributed by atoms with Crippen LogP contribution in [0.25, 0.3) is 0 Å². The molecule has 2 aromatic carbocycles. The minimum absolute atomic E-state index is 0.0614. The summed E-state index contributed by atoms with van der Waals surface area (Å²) in [4.78, 5) is 11.1. The van der Waals surface area contributed by atoms with Gasteiger partial charge < -0.3 is 15.6 Å². The fourth-order valence-electron chi connectivity index (χ4n) is 1.79. The van der Waals surface area contributed by atoms with Gasteiger partial charge in [-0.25, -0.2) is 9.18 Å². The van der Waals surface area contributed by atoms with Crippen LogP contribution in [0.4, 0.5) is 10.1 Å². The van der Waals surface area contributed by atoms with Crippen molar-refractivity contribution in [2.45, 2.75) is 6.61 Å². The highest BCUT2D eigenvalue weighted by Crippen LogP contribution is 2.25. The third kappa shape index (κ3) is 3.09. The van der Waals surface area contributed by atoms with E-state index in [1.165, 1.54) is 24.3 Å². The van der Waals surface area contributed by atoms with E-state index in [0.29, 0.717) is 0 Å². The van der Waals surface area contributed by atoms with Crippen molar-refractivity contribution in [1.29, 1.82) is 5.26 Å². The number of nitriles is 1. The molecule has 0 amide bonds. The van der Waals surface area contributed by atoms with Crippen molar-refractivity contribution >= 4 is 11.7 Å². The molecule has 0 atom stereocenters. The Bertz CT molecular complexity index is 738. The van der Waals surface area contributed by atoms with Gasteiger partial charge in [0, 0.05) is 11.3 Å². The van der Waals surface area contributed by atoms with Gasteiger partial charge in [-0.2, -0.15) is 5.26 Å². The Kier molecular flexibility index (Phi) is 4.05. The lowest BCUT2D eigenvalue weighted by Crippen LogP contribution is -2.07. The average molecular weight is 286 g/mol. The Hall–Kier alpha value is -3.07. The summed E-state index contributed by atoms with van der Waals surface area (Å²) in [7, 11) is 0. The van der Waals surface area contributed by atoms with E-state index in [-0.39, 0.29) is 34.7 Å². The fraction of sp³-hybridized carbons (Fsp3) is 0.0667. The Morgan fingerprint density at radius 1 is 1.38 bits per heavy atom. The number of benzene rings is 2. The van der Waals surface area contributed by atoms with E-state index in [9.17, 15) is 9.18 Å². The van der Waals surface area contributed by atoms with E-state index in [1.54, 1.807) is 6.07 Å². The second kappa shape index (κ2) is 5.92. The largest absolute Gasteiger partial charge is 0.488 e. The first kappa shape index (κ1) is 14.3. The molecule has 106 valence electrons. The van der Waals surface area contributed by atoms with Gasteiger partial charge in [-0.3, -0.25) is 0 Å². The van der Waals surface area contributed by atoms with Gasteiger partial charge >= 0.3 is 5.97 Å². The topological polar surface area (TPSA) is 96.3 Å². The molecule has 0 aliphatic heterocycles. The number of carboxylic acid groups (broad SMARTS) is 1. The number of aromatic carboxylic acids is 1. The summed E-state index contributed by atoms with van der Waals surface area (Å²) in [5.41, 5.74) is 5.91. The number of nitrogen functional groups attached to an aromatic ring is 1. The maximum absolute atomic E-state index is 13.7. The smallest absolute Gasteiger partial charge is 0.341 e. The Labute approximate surface area is 120 Å². The number of rotatable bonds is 4. The van der Waals surface area contributed by atoms with Crippen LogP contribution in [0.3, 0.4) is 0 Å². The van der Waals surface area contributed by atoms with Gasteiger partial charge in [-0.15, -0.1) is 0 Å². The third-order valence-corrected chi connectivity index (χ3v) is 2.84. The van der Waals surface area contributed by atoms with Crippen LogP contribution < -0.4 is 10.5 Å². The van der Waals surface area contributed by atoms with Gasteiger partial charge in [0.25, 0.3) is 0 Å². The van der Waals surface area contributed by atoms with Crippen molar-refractivity contribution in [2.24, 2.45) is 0 Å². The molecule has 0 saturated heterocycles. The van der Waals surface area contributed by atoms with Crippen molar-refractivity contribution < 1.29 is 19.0 Å². The molecule has 0 fully saturated rings. The average Bonchev–Trinajstić information content (AvgIpc) is 2.45. The summed E-state index contributed by atoms with van der Waals surface area (Å²) in [5.74, 6) is -1.75. The first-order valence-electron chi connectivity index (χ1n) is 5.96. The van der Waals surface area contributed by atoms with Crippen molar-refractivity contribution in [3.05, 3.63) is 58.9 Å². The molecule has 0 bridgehead atoms. The fourth-order valence-corrected chi connectivity index (χ4v) is 1.79. The van der Waals surface area contributed by atoms with Crippen molar-refractivity contribution in [3.63, 3.8) is 0 Å². The van der Waals surface area contributed by atoms with E-state index < -0.39 is 11.8 Å². The Morgan fingerprint density at radius 3 is 2.76 bits per heavy atom. The predicted molar refractivity (Wildman–Crippen MR) is 73.3 cm³/mol. The van der Waals surface area contributed by atoms with Gasteiger partial charge in [0.2, 0.25) is 0 Å². The first-order chi connectivity index (χ1) is 10.0. The number of halogens is 1. The van der Waals surface area contributed by atoms with Gasteiger partial charge in [0.15, 0.2) is 0 Å². The molecule has 0 saturated carbocycles. The zero-order chi connectivity index (χ0) is 15.4. The quantitative estimate of drug-likeness (QED) is 0.842. The summed E-state index contributed by atoms with van der Waals surface area (Å²) >= 11 is 0. The number of nitrogens with two attached hydrogens (primary N) is 1. The number of carbonyl (C=O) groups is 1. The molecule has 0 unspecified atom stereocenters. The van der Waals surface area contributed by atoms with Crippen molar-refractivity contribution in [2.75, 3.05) is 5.73 Å². The molecule has 2 aromatic rings. The van der Waals surface area contributed by atoms with Crippen LogP contribution in [0.2, 0.25) is 0 Å². The zero-order valence-electron chi connectivity index (χ0n) is 10.8. The summed E-state index contributed by atoms with van der Waals surface area (Å²) in [5, 5.41) is 17.8. The monoisotopic (exact) mass is 286 g/mol. The summed E-state index contributed by atoms with van der Waals surface area (Å²) < 4.78 is 19.0. The number of ether oxygens (including phenoxy) is 1. The lowest BCUT2D eigenvalue weighted by molar-refractivity contribution is 0.0693. The number of carboxylic acids is 1. The van der Waals surface area contributed by atoms with Crippen LogP contribution in [0.15, 0.2) is 36.4 Å². The van der Waals surface area contributed by atoms with Gasteiger partial charge in [0.05, 0.1) is 11.6 Å². The van der Waals surface area contributed by atoms with Gasteiger partial charge in [-0.1, -0.05) is 12.1 Å². The molecule has 21 heavy (non-hydrogen) atoms. The predicted octanol–water partition coefficient (Wildman–Crippen LogP) is 2.56. The lowest BCUT2D eigenvalue weighted by atomic mass is 10.1. The first-order valence-corrected chi connectivity index (χ1v) is 5.96. The molecule has 0 radical (unpaired) electrons. The van der Waals surface area contributed by atoms with Crippen LogP contribution in [-0.2, 0) is 6.61 Å². The standard InChI is InChI=1S/C15H11FN2O3/c16-11-6-9(7-17)4-5-10(11)8-21-13-3-1-2-12(18)14(13)15(19)20/h1-6H,8,18H2,(H,19,20). The molecule has 5 nitrogen and oxygen atoms in total. The molecule has 0 aliphatic carbocycles. The van der Waals surface area contributed by atoms with Crippen LogP contribution in [0, 0.1) is 17.1 Å². The van der Waals surface area contributed by atoms with Gasteiger partial charge in [-0.05, 0) is 24.3 Å². The van der Waals surface area contributed by atoms with E-state index in [2.05, 4.69) is 0 Å². The van der Waals surface area contributed by atoms with Crippen LogP contribution in [0.5, 0.6) is 5.75 Å². The van der Waals surface area contributed by atoms with E-state index in [1.807, 2.05) is 6.07 Å². The molecule has 3 N–H and O–H groups in total. The summed E-state index contributed by atoms with van der Waals surface area (Å²) in [6.07, 6.45) is 0. The van der Waals surface area contributed by atoms with Crippen molar-refractivity contribution in [1.82, 2.24) is 0 Å². The highest BCUT2D eigenvalue weighted by atomic mass is 19.1. The molecule has 6 heteroatoms. The highest BCUT2D eigenvalue weighted by Gasteiger charge is 2.15. The molecule has 0 heterocycles. The van der Waals surface area contributed by atoms with Crippen LogP contribution >= 0.6 is 0 Å². The molecular formula is C15H11FN2O3. The highest BCUT2D eigenvalue weighted by molar-refractivity contribution is 5.96.